The van der Waals surface area contributed by atoms with E-state index in [1.54, 1.807) is 18.2 Å². The van der Waals surface area contributed by atoms with Crippen LogP contribution >= 0.6 is 0 Å². The Morgan fingerprint density at radius 1 is 1.22 bits per heavy atom. The van der Waals surface area contributed by atoms with Crippen molar-refractivity contribution in [3.8, 4) is 11.5 Å². The van der Waals surface area contributed by atoms with E-state index in [0.717, 1.165) is 0 Å². The molecule has 0 radical (unpaired) electrons. The second kappa shape index (κ2) is 6.04. The smallest absolute Gasteiger partial charge is 0.340 e. The summed E-state index contributed by atoms with van der Waals surface area (Å²) in [4.78, 5) is 25.5. The Labute approximate surface area is 156 Å². The number of fused-ring (bicyclic) bond motifs is 1. The van der Waals surface area contributed by atoms with Crippen LogP contribution in [0.25, 0.3) is 0 Å². The predicted molar refractivity (Wildman–Crippen MR) is 94.7 cm³/mol. The van der Waals surface area contributed by atoms with Crippen molar-refractivity contribution in [1.82, 2.24) is 0 Å². The number of carbonyl (C=O) groups is 2. The van der Waals surface area contributed by atoms with Crippen LogP contribution in [0.4, 0.5) is 0 Å². The number of esters is 1. The van der Waals surface area contributed by atoms with Gasteiger partial charge in [-0.15, -0.1) is 0 Å². The molecule has 1 aliphatic carbocycles. The number of Topliss-reactive ketones (excluding diaryl/α,β-unsaturated/α-hetero) is 1. The molecular formula is C20H21NO6. The molecular weight excluding hydrogens is 350 g/mol. The molecule has 2 heterocycles. The van der Waals surface area contributed by atoms with Gasteiger partial charge < -0.3 is 24.7 Å². The summed E-state index contributed by atoms with van der Waals surface area (Å²) in [6.07, 6.45) is 0.925. The van der Waals surface area contributed by atoms with E-state index in [-0.39, 0.29) is 29.4 Å². The highest BCUT2D eigenvalue weighted by atomic mass is 16.7. The van der Waals surface area contributed by atoms with E-state index < -0.39 is 11.9 Å². The van der Waals surface area contributed by atoms with Crippen molar-refractivity contribution in [3.05, 3.63) is 46.6 Å². The van der Waals surface area contributed by atoms with Crippen molar-refractivity contribution in [3.63, 3.8) is 0 Å². The molecule has 0 saturated carbocycles. The summed E-state index contributed by atoms with van der Waals surface area (Å²) in [5.74, 6) is 0.314. The molecule has 142 valence electrons. The predicted octanol–water partition coefficient (Wildman–Crippen LogP) is 2.52. The summed E-state index contributed by atoms with van der Waals surface area (Å²) in [5.41, 5.74) is 7.14. The summed E-state index contributed by atoms with van der Waals surface area (Å²) in [7, 11) is 1.27. The molecule has 0 saturated heterocycles. The van der Waals surface area contributed by atoms with Gasteiger partial charge in [0.1, 0.15) is 11.3 Å². The summed E-state index contributed by atoms with van der Waals surface area (Å²) >= 11 is 0. The minimum absolute atomic E-state index is 0.0335. The fraction of sp³-hybridized carbons (Fsp3) is 0.400. The minimum Gasteiger partial charge on any atom is -0.465 e. The van der Waals surface area contributed by atoms with E-state index in [2.05, 4.69) is 0 Å². The first-order chi connectivity index (χ1) is 12.8. The van der Waals surface area contributed by atoms with E-state index >= 15 is 0 Å². The van der Waals surface area contributed by atoms with Crippen LogP contribution in [-0.4, -0.2) is 25.7 Å². The van der Waals surface area contributed by atoms with Gasteiger partial charge in [-0.2, -0.15) is 0 Å². The van der Waals surface area contributed by atoms with Crippen LogP contribution in [0.2, 0.25) is 0 Å². The van der Waals surface area contributed by atoms with Crippen molar-refractivity contribution in [1.29, 1.82) is 0 Å². The number of hydrogen-bond donors (Lipinski definition) is 1. The zero-order chi connectivity index (χ0) is 19.3. The lowest BCUT2D eigenvalue weighted by Crippen LogP contribution is -2.35. The van der Waals surface area contributed by atoms with Crippen LogP contribution in [0.5, 0.6) is 11.5 Å². The number of nitrogens with two attached hydrogens (primary N) is 1. The van der Waals surface area contributed by atoms with E-state index in [0.29, 0.717) is 41.2 Å². The van der Waals surface area contributed by atoms with Crippen molar-refractivity contribution in [2.45, 2.75) is 32.6 Å². The van der Waals surface area contributed by atoms with Crippen molar-refractivity contribution < 1.29 is 28.5 Å². The molecule has 7 nitrogen and oxygen atoms in total. The molecule has 4 rings (SSSR count). The molecule has 0 amide bonds. The lowest BCUT2D eigenvalue weighted by atomic mass is 9.70. The Morgan fingerprint density at radius 3 is 2.70 bits per heavy atom. The van der Waals surface area contributed by atoms with Gasteiger partial charge in [0.15, 0.2) is 17.3 Å². The third-order valence-corrected chi connectivity index (χ3v) is 5.09. The summed E-state index contributed by atoms with van der Waals surface area (Å²) in [6.45, 7) is 4.14. The second-order valence-corrected chi connectivity index (χ2v) is 7.70. The molecule has 0 aromatic heterocycles. The Kier molecular flexibility index (Phi) is 3.91. The van der Waals surface area contributed by atoms with E-state index in [9.17, 15) is 9.59 Å². The average Bonchev–Trinajstić information content (AvgIpc) is 3.06. The van der Waals surface area contributed by atoms with Crippen molar-refractivity contribution in [2.75, 3.05) is 13.9 Å². The topological polar surface area (TPSA) is 97.1 Å². The van der Waals surface area contributed by atoms with Gasteiger partial charge in [-0.3, -0.25) is 4.79 Å². The van der Waals surface area contributed by atoms with Gasteiger partial charge in [-0.05, 0) is 23.1 Å². The first-order valence-corrected chi connectivity index (χ1v) is 8.72. The van der Waals surface area contributed by atoms with Gasteiger partial charge in [0.2, 0.25) is 12.7 Å². The zero-order valence-corrected chi connectivity index (χ0v) is 15.5. The lowest BCUT2D eigenvalue weighted by molar-refractivity contribution is -0.136. The molecule has 0 spiro atoms. The van der Waals surface area contributed by atoms with Crippen LogP contribution in [-0.2, 0) is 19.1 Å². The maximum absolute atomic E-state index is 13.0. The van der Waals surface area contributed by atoms with Gasteiger partial charge in [0.25, 0.3) is 0 Å². The molecule has 7 heteroatoms. The number of benzene rings is 1. The quantitative estimate of drug-likeness (QED) is 0.798. The van der Waals surface area contributed by atoms with Crippen LogP contribution < -0.4 is 15.2 Å². The highest BCUT2D eigenvalue weighted by molar-refractivity contribution is 6.03. The van der Waals surface area contributed by atoms with E-state index in [4.69, 9.17) is 24.7 Å². The van der Waals surface area contributed by atoms with E-state index in [1.807, 2.05) is 13.8 Å². The first-order valence-electron chi connectivity index (χ1n) is 8.72. The molecule has 0 fully saturated rings. The fourth-order valence-corrected chi connectivity index (χ4v) is 3.92. The number of hydrogen-bond acceptors (Lipinski definition) is 7. The zero-order valence-electron chi connectivity index (χ0n) is 15.5. The average molecular weight is 371 g/mol. The van der Waals surface area contributed by atoms with Gasteiger partial charge in [-0.1, -0.05) is 19.9 Å². The Bertz CT molecular complexity index is 911. The highest BCUT2D eigenvalue weighted by Gasteiger charge is 2.45. The normalized spacial score (nSPS) is 23.1. The molecule has 0 unspecified atom stereocenters. The molecule has 2 N–H and O–H groups in total. The lowest BCUT2D eigenvalue weighted by Gasteiger charge is -2.37. The Hall–Kier alpha value is -2.96. The highest BCUT2D eigenvalue weighted by Crippen LogP contribution is 2.49. The molecule has 3 aliphatic rings. The monoisotopic (exact) mass is 371 g/mol. The molecule has 2 aliphatic heterocycles. The molecule has 1 aromatic rings. The van der Waals surface area contributed by atoms with Crippen LogP contribution in [0, 0.1) is 5.41 Å². The molecule has 0 bridgehead atoms. The van der Waals surface area contributed by atoms with Gasteiger partial charge >= 0.3 is 5.97 Å². The Morgan fingerprint density at radius 2 is 1.96 bits per heavy atom. The second-order valence-electron chi connectivity index (χ2n) is 7.70. The van der Waals surface area contributed by atoms with Gasteiger partial charge in [-0.25, -0.2) is 4.79 Å². The number of methoxy groups -OCH3 is 1. The van der Waals surface area contributed by atoms with Crippen LogP contribution in [0.15, 0.2) is 41.0 Å². The molecule has 27 heavy (non-hydrogen) atoms. The van der Waals surface area contributed by atoms with Gasteiger partial charge in [0.05, 0.1) is 13.0 Å². The summed E-state index contributed by atoms with van der Waals surface area (Å²) < 4.78 is 21.5. The maximum Gasteiger partial charge on any atom is 0.340 e. The minimum atomic E-state index is -0.667. The standard InChI is InChI=1S/C20H21NO6/c1-20(2)7-11(22)16-14(8-20)27-18(21)17(19(23)24-3)15(16)10-4-5-12-13(6-10)26-9-25-12/h4-6,15H,7-9,21H2,1-3H3/t15-/m0/s1. The SMILES string of the molecule is COC(=O)C1=C(N)OC2=C(C(=O)CC(C)(C)C2)[C@@H]1c1ccc2c(c1)OCO2. The first kappa shape index (κ1) is 17.5. The van der Waals surface area contributed by atoms with Crippen LogP contribution in [0.1, 0.15) is 38.2 Å². The molecule has 1 aromatic carbocycles. The Balaban J connectivity index is 1.89. The third-order valence-electron chi connectivity index (χ3n) is 5.09. The summed E-state index contributed by atoms with van der Waals surface area (Å²) in [6, 6.07) is 5.33. The van der Waals surface area contributed by atoms with Gasteiger partial charge in [0, 0.05) is 18.4 Å². The number of rotatable bonds is 2. The van der Waals surface area contributed by atoms with E-state index in [1.165, 1.54) is 7.11 Å². The number of ether oxygens (including phenoxy) is 4. The third kappa shape index (κ3) is 2.83. The summed E-state index contributed by atoms with van der Waals surface area (Å²) in [5, 5.41) is 0. The van der Waals surface area contributed by atoms with Crippen molar-refractivity contribution >= 4 is 11.8 Å². The number of allylic oxidation sites excluding steroid dienone is 2. The number of carbonyl (C=O) groups excluding carboxylic acids is 2. The fourth-order valence-electron chi connectivity index (χ4n) is 3.92. The maximum atomic E-state index is 13.0. The van der Waals surface area contributed by atoms with Crippen molar-refractivity contribution in [2.24, 2.45) is 11.1 Å². The largest absolute Gasteiger partial charge is 0.465 e. The van der Waals surface area contributed by atoms with Crippen LogP contribution in [0.3, 0.4) is 0 Å². The number of ketones is 1. The molecule has 1 atom stereocenters.